The summed E-state index contributed by atoms with van der Waals surface area (Å²) in [4.78, 5) is 30.2. The highest BCUT2D eigenvalue weighted by Crippen LogP contribution is 2.46. The Kier molecular flexibility index (Phi) is 6.30. The van der Waals surface area contributed by atoms with Crippen molar-refractivity contribution < 1.29 is 18.7 Å². The number of piperidine rings is 1. The van der Waals surface area contributed by atoms with Crippen LogP contribution < -0.4 is 10.1 Å². The van der Waals surface area contributed by atoms with Gasteiger partial charge in [0, 0.05) is 18.5 Å². The van der Waals surface area contributed by atoms with Gasteiger partial charge < -0.3 is 15.0 Å². The number of rotatable bonds is 6. The van der Waals surface area contributed by atoms with E-state index >= 15 is 0 Å². The standard InChI is InChI=1S/C28H34FN3O3/c1-27(2)19-28(23-18-22(29)10-11-24(23)35-27)25(33)32(26(34)30-28)15-7-6-14-31-16-12-21(13-17-31)20-8-4-3-5-9-20/h3-5,8-11,18,21H,6-7,12-17,19H2,1-2H3,(H,30,34). The van der Waals surface area contributed by atoms with Gasteiger partial charge in [0.15, 0.2) is 5.54 Å². The number of fused-ring (bicyclic) bond motifs is 2. The number of likely N-dealkylation sites (tertiary alicyclic amines) is 1. The van der Waals surface area contributed by atoms with Crippen molar-refractivity contribution in [2.45, 2.75) is 63.0 Å². The first-order chi connectivity index (χ1) is 16.8. The van der Waals surface area contributed by atoms with Crippen LogP contribution >= 0.6 is 0 Å². The summed E-state index contributed by atoms with van der Waals surface area (Å²) < 4.78 is 20.1. The number of amides is 3. The summed E-state index contributed by atoms with van der Waals surface area (Å²) in [6, 6.07) is 14.5. The van der Waals surface area contributed by atoms with Gasteiger partial charge in [-0.25, -0.2) is 9.18 Å². The summed E-state index contributed by atoms with van der Waals surface area (Å²) in [5.41, 5.74) is -0.123. The highest BCUT2D eigenvalue weighted by Gasteiger charge is 2.58. The molecule has 1 spiro atoms. The third-order valence-corrected chi connectivity index (χ3v) is 7.62. The Labute approximate surface area is 206 Å². The van der Waals surface area contributed by atoms with Crippen LogP contribution in [0.1, 0.15) is 63.0 Å². The third-order valence-electron chi connectivity index (χ3n) is 7.62. The number of carbonyl (C=O) groups excluding carboxylic acids is 2. The summed E-state index contributed by atoms with van der Waals surface area (Å²) >= 11 is 0. The minimum atomic E-state index is -1.28. The van der Waals surface area contributed by atoms with Crippen LogP contribution in [0.3, 0.4) is 0 Å². The minimum absolute atomic E-state index is 0.258. The first-order valence-electron chi connectivity index (χ1n) is 12.7. The summed E-state index contributed by atoms with van der Waals surface area (Å²) in [6.45, 7) is 7.23. The first kappa shape index (κ1) is 23.8. The van der Waals surface area contributed by atoms with Crippen molar-refractivity contribution in [1.29, 1.82) is 0 Å². The van der Waals surface area contributed by atoms with Crippen LogP contribution in [-0.2, 0) is 10.3 Å². The lowest BCUT2D eigenvalue weighted by molar-refractivity contribution is -0.134. The van der Waals surface area contributed by atoms with Crippen LogP contribution in [0.25, 0.3) is 0 Å². The van der Waals surface area contributed by atoms with E-state index in [1.165, 1.54) is 28.7 Å². The second-order valence-corrected chi connectivity index (χ2v) is 10.7. The summed E-state index contributed by atoms with van der Waals surface area (Å²) in [7, 11) is 0. The maximum atomic E-state index is 14.1. The predicted octanol–water partition coefficient (Wildman–Crippen LogP) is 4.79. The molecule has 0 aliphatic carbocycles. The van der Waals surface area contributed by atoms with Gasteiger partial charge in [-0.1, -0.05) is 30.3 Å². The number of benzene rings is 2. The van der Waals surface area contributed by atoms with Gasteiger partial charge in [0.25, 0.3) is 5.91 Å². The van der Waals surface area contributed by atoms with E-state index in [9.17, 15) is 14.0 Å². The van der Waals surface area contributed by atoms with Crippen molar-refractivity contribution >= 4 is 11.9 Å². The number of urea groups is 1. The molecule has 1 atom stereocenters. The zero-order chi connectivity index (χ0) is 24.6. The maximum absolute atomic E-state index is 14.1. The fraction of sp³-hybridized carbons (Fsp3) is 0.500. The van der Waals surface area contributed by atoms with Gasteiger partial charge in [-0.05, 0) is 88.8 Å². The average molecular weight is 480 g/mol. The Balaban J connectivity index is 1.17. The van der Waals surface area contributed by atoms with Crippen molar-refractivity contribution in [3.05, 3.63) is 65.5 Å². The summed E-state index contributed by atoms with van der Waals surface area (Å²) in [5.74, 6) is 0.306. The van der Waals surface area contributed by atoms with Crippen LogP contribution in [-0.4, -0.2) is 53.5 Å². The number of halogens is 1. The van der Waals surface area contributed by atoms with E-state index in [0.717, 1.165) is 45.3 Å². The Morgan fingerprint density at radius 3 is 2.49 bits per heavy atom. The molecule has 3 aliphatic rings. The molecule has 7 heteroatoms. The lowest BCUT2D eigenvalue weighted by Gasteiger charge is -2.42. The minimum Gasteiger partial charge on any atom is -0.487 e. The number of hydrogen-bond acceptors (Lipinski definition) is 4. The van der Waals surface area contributed by atoms with Crippen LogP contribution in [0.2, 0.25) is 0 Å². The lowest BCUT2D eigenvalue weighted by atomic mass is 9.77. The van der Waals surface area contributed by atoms with Gasteiger partial charge in [0.05, 0.1) is 0 Å². The number of nitrogens with zero attached hydrogens (tertiary/aromatic N) is 2. The van der Waals surface area contributed by atoms with Crippen LogP contribution in [0, 0.1) is 5.82 Å². The topological polar surface area (TPSA) is 61.9 Å². The smallest absolute Gasteiger partial charge is 0.325 e. The van der Waals surface area contributed by atoms with E-state index in [1.54, 1.807) is 0 Å². The number of ether oxygens (including phenoxy) is 1. The second kappa shape index (κ2) is 9.26. The Bertz CT molecular complexity index is 1100. The van der Waals surface area contributed by atoms with Crippen molar-refractivity contribution in [3.63, 3.8) is 0 Å². The van der Waals surface area contributed by atoms with Crippen LogP contribution in [0.5, 0.6) is 5.75 Å². The van der Waals surface area contributed by atoms with Gasteiger partial charge in [-0.2, -0.15) is 0 Å². The molecule has 0 bridgehead atoms. The predicted molar refractivity (Wildman–Crippen MR) is 132 cm³/mol. The highest BCUT2D eigenvalue weighted by molar-refractivity contribution is 6.08. The SMILES string of the molecule is CC1(C)CC2(NC(=O)N(CCCCN3CCC(c4ccccc4)CC3)C2=O)c2cc(F)ccc2O1. The molecule has 2 saturated heterocycles. The van der Waals surface area contributed by atoms with Crippen molar-refractivity contribution in [2.24, 2.45) is 0 Å². The molecule has 3 amide bonds. The normalized spacial score (nSPS) is 24.4. The van der Waals surface area contributed by atoms with Gasteiger partial charge in [0.1, 0.15) is 17.2 Å². The molecule has 5 rings (SSSR count). The fourth-order valence-corrected chi connectivity index (χ4v) is 5.94. The van der Waals surface area contributed by atoms with E-state index in [2.05, 4.69) is 40.5 Å². The maximum Gasteiger partial charge on any atom is 0.325 e. The molecule has 186 valence electrons. The molecular formula is C28H34FN3O3. The molecule has 0 saturated carbocycles. The summed E-state index contributed by atoms with van der Waals surface area (Å²) in [5, 5.41) is 2.90. The second-order valence-electron chi connectivity index (χ2n) is 10.7. The molecule has 2 aromatic carbocycles. The Morgan fingerprint density at radius 1 is 1.03 bits per heavy atom. The largest absolute Gasteiger partial charge is 0.487 e. The number of carbonyl (C=O) groups is 2. The van der Waals surface area contributed by atoms with Gasteiger partial charge in [0.2, 0.25) is 0 Å². The molecule has 1 unspecified atom stereocenters. The van der Waals surface area contributed by atoms with Crippen molar-refractivity contribution in [3.8, 4) is 5.75 Å². The number of hydrogen-bond donors (Lipinski definition) is 1. The van der Waals surface area contributed by atoms with E-state index in [-0.39, 0.29) is 12.3 Å². The van der Waals surface area contributed by atoms with E-state index in [4.69, 9.17) is 4.74 Å². The van der Waals surface area contributed by atoms with E-state index in [0.29, 0.717) is 23.8 Å². The quantitative estimate of drug-likeness (QED) is 0.478. The van der Waals surface area contributed by atoms with Crippen LogP contribution in [0.15, 0.2) is 48.5 Å². The van der Waals surface area contributed by atoms with E-state index in [1.807, 2.05) is 13.8 Å². The third kappa shape index (κ3) is 4.66. The molecule has 35 heavy (non-hydrogen) atoms. The lowest BCUT2D eigenvalue weighted by Crippen LogP contribution is -2.53. The van der Waals surface area contributed by atoms with Crippen molar-refractivity contribution in [1.82, 2.24) is 15.1 Å². The monoisotopic (exact) mass is 479 g/mol. The summed E-state index contributed by atoms with van der Waals surface area (Å²) in [6.07, 6.45) is 4.23. The molecule has 2 fully saturated rings. The molecule has 1 N–H and O–H groups in total. The molecule has 3 aliphatic heterocycles. The zero-order valence-electron chi connectivity index (χ0n) is 20.6. The molecule has 6 nitrogen and oxygen atoms in total. The number of nitrogens with one attached hydrogen (secondary N) is 1. The van der Waals surface area contributed by atoms with Crippen molar-refractivity contribution in [2.75, 3.05) is 26.2 Å². The molecular weight excluding hydrogens is 445 g/mol. The van der Waals surface area contributed by atoms with Gasteiger partial charge >= 0.3 is 6.03 Å². The van der Waals surface area contributed by atoms with Crippen LogP contribution in [0.4, 0.5) is 9.18 Å². The average Bonchev–Trinajstić information content (AvgIpc) is 3.07. The van der Waals surface area contributed by atoms with Gasteiger partial charge in [-0.15, -0.1) is 0 Å². The Morgan fingerprint density at radius 2 is 1.74 bits per heavy atom. The molecule has 3 heterocycles. The van der Waals surface area contributed by atoms with Gasteiger partial charge in [-0.3, -0.25) is 9.69 Å². The number of imide groups is 1. The highest BCUT2D eigenvalue weighted by atomic mass is 19.1. The fourth-order valence-electron chi connectivity index (χ4n) is 5.94. The Hall–Kier alpha value is -2.93. The molecule has 0 aromatic heterocycles. The zero-order valence-corrected chi connectivity index (χ0v) is 20.6. The number of unbranched alkanes of at least 4 members (excludes halogenated alkanes) is 1. The first-order valence-corrected chi connectivity index (χ1v) is 12.7. The molecule has 2 aromatic rings. The molecule has 0 radical (unpaired) electrons. The van der Waals surface area contributed by atoms with E-state index < -0.39 is 23.0 Å².